The van der Waals surface area contributed by atoms with Crippen LogP contribution in [0.2, 0.25) is 0 Å². The molecule has 0 aliphatic rings. The molecule has 0 aliphatic carbocycles. The molecule has 0 saturated heterocycles. The standard InChI is InChI=1S/C17H21N3O3/c1-12-6-13(2)8-15(7-12)23-10-16(21)18-4-5-20-11-19-14(3)9-17(20)22/h6-9,11H,4-5,10H2,1-3H3,(H,18,21). The first-order valence-electron chi connectivity index (χ1n) is 7.45. The first-order valence-corrected chi connectivity index (χ1v) is 7.45. The summed E-state index contributed by atoms with van der Waals surface area (Å²) in [7, 11) is 0. The van der Waals surface area contributed by atoms with Crippen LogP contribution in [-0.2, 0) is 11.3 Å². The zero-order valence-corrected chi connectivity index (χ0v) is 13.6. The quantitative estimate of drug-likeness (QED) is 0.873. The van der Waals surface area contributed by atoms with Gasteiger partial charge in [0.05, 0.1) is 6.33 Å². The second-order valence-corrected chi connectivity index (χ2v) is 5.52. The summed E-state index contributed by atoms with van der Waals surface area (Å²) in [5, 5.41) is 2.72. The Bertz CT molecular complexity index is 733. The Labute approximate surface area is 135 Å². The molecule has 2 rings (SSSR count). The zero-order chi connectivity index (χ0) is 16.8. The molecule has 122 valence electrons. The molecule has 1 heterocycles. The van der Waals surface area contributed by atoms with Gasteiger partial charge in [-0.3, -0.25) is 14.2 Å². The molecule has 6 heteroatoms. The number of hydrogen-bond donors (Lipinski definition) is 1. The Hall–Kier alpha value is -2.63. The van der Waals surface area contributed by atoms with E-state index < -0.39 is 0 Å². The molecule has 1 aromatic heterocycles. The molecule has 0 radical (unpaired) electrons. The van der Waals surface area contributed by atoms with Crippen LogP contribution in [0.25, 0.3) is 0 Å². The van der Waals surface area contributed by atoms with Gasteiger partial charge in [-0.05, 0) is 44.0 Å². The minimum atomic E-state index is -0.225. The number of nitrogens with zero attached hydrogens (tertiary/aromatic N) is 2. The highest BCUT2D eigenvalue weighted by Gasteiger charge is 2.04. The van der Waals surface area contributed by atoms with E-state index in [9.17, 15) is 9.59 Å². The van der Waals surface area contributed by atoms with Gasteiger partial charge >= 0.3 is 0 Å². The predicted octanol–water partition coefficient (Wildman–Crippen LogP) is 1.36. The fourth-order valence-electron chi connectivity index (χ4n) is 2.22. The minimum Gasteiger partial charge on any atom is -0.484 e. The van der Waals surface area contributed by atoms with Crippen LogP contribution in [0.4, 0.5) is 0 Å². The van der Waals surface area contributed by atoms with Crippen LogP contribution in [0.1, 0.15) is 16.8 Å². The largest absolute Gasteiger partial charge is 0.484 e. The Kier molecular flexibility index (Phi) is 5.51. The summed E-state index contributed by atoms with van der Waals surface area (Å²) < 4.78 is 6.94. The molecule has 1 amide bonds. The van der Waals surface area contributed by atoms with Crippen LogP contribution in [0.15, 0.2) is 35.4 Å². The van der Waals surface area contributed by atoms with Gasteiger partial charge in [-0.2, -0.15) is 0 Å². The molecule has 1 N–H and O–H groups in total. The van der Waals surface area contributed by atoms with Crippen LogP contribution in [0.3, 0.4) is 0 Å². The van der Waals surface area contributed by atoms with Gasteiger partial charge in [0.1, 0.15) is 5.75 Å². The maximum atomic E-state index is 11.8. The van der Waals surface area contributed by atoms with Crippen LogP contribution >= 0.6 is 0 Å². The number of benzene rings is 1. The Morgan fingerprint density at radius 3 is 2.52 bits per heavy atom. The van der Waals surface area contributed by atoms with Crippen molar-refractivity contribution in [2.24, 2.45) is 0 Å². The van der Waals surface area contributed by atoms with Gasteiger partial charge in [-0.15, -0.1) is 0 Å². The number of carbonyl (C=O) groups is 1. The number of rotatable bonds is 6. The fraction of sp³-hybridized carbons (Fsp3) is 0.353. The number of carbonyl (C=O) groups excluding carboxylic acids is 1. The molecular weight excluding hydrogens is 294 g/mol. The lowest BCUT2D eigenvalue weighted by atomic mass is 10.1. The second-order valence-electron chi connectivity index (χ2n) is 5.52. The summed E-state index contributed by atoms with van der Waals surface area (Å²) in [6, 6.07) is 7.28. The molecule has 2 aromatic rings. The lowest BCUT2D eigenvalue weighted by Crippen LogP contribution is -2.33. The molecule has 6 nitrogen and oxygen atoms in total. The number of hydrogen-bond acceptors (Lipinski definition) is 4. The third kappa shape index (κ3) is 5.25. The van der Waals surface area contributed by atoms with Crippen molar-refractivity contribution in [1.29, 1.82) is 0 Å². The van der Waals surface area contributed by atoms with Gasteiger partial charge in [-0.25, -0.2) is 4.98 Å². The highest BCUT2D eigenvalue weighted by atomic mass is 16.5. The molecule has 0 fully saturated rings. The minimum absolute atomic E-state index is 0.0516. The van der Waals surface area contributed by atoms with E-state index in [0.29, 0.717) is 24.5 Å². The molecule has 0 spiro atoms. The van der Waals surface area contributed by atoms with Crippen LogP contribution in [0.5, 0.6) is 5.75 Å². The normalized spacial score (nSPS) is 10.4. The van der Waals surface area contributed by atoms with Crippen molar-refractivity contribution in [2.45, 2.75) is 27.3 Å². The van der Waals surface area contributed by atoms with E-state index in [1.54, 1.807) is 6.92 Å². The second kappa shape index (κ2) is 7.58. The van der Waals surface area contributed by atoms with E-state index in [4.69, 9.17) is 4.74 Å². The smallest absolute Gasteiger partial charge is 0.258 e. The number of aromatic nitrogens is 2. The maximum Gasteiger partial charge on any atom is 0.258 e. The molecule has 0 atom stereocenters. The highest BCUT2D eigenvalue weighted by Crippen LogP contribution is 2.15. The van der Waals surface area contributed by atoms with E-state index in [-0.39, 0.29) is 18.1 Å². The average molecular weight is 315 g/mol. The maximum absolute atomic E-state index is 11.8. The Morgan fingerprint density at radius 1 is 1.17 bits per heavy atom. The lowest BCUT2D eigenvalue weighted by Gasteiger charge is -2.10. The molecule has 0 bridgehead atoms. The summed E-state index contributed by atoms with van der Waals surface area (Å²) in [6.45, 7) is 6.39. The van der Waals surface area contributed by atoms with Crippen molar-refractivity contribution in [1.82, 2.24) is 14.9 Å². The Morgan fingerprint density at radius 2 is 1.87 bits per heavy atom. The first-order chi connectivity index (χ1) is 10.9. The Balaban J connectivity index is 1.78. The van der Waals surface area contributed by atoms with Crippen molar-refractivity contribution in [2.75, 3.05) is 13.2 Å². The van der Waals surface area contributed by atoms with Gasteiger partial charge < -0.3 is 10.1 Å². The number of amides is 1. The molecular formula is C17H21N3O3. The molecule has 1 aromatic carbocycles. The topological polar surface area (TPSA) is 73.2 Å². The van der Waals surface area contributed by atoms with Gasteiger partial charge in [0.25, 0.3) is 11.5 Å². The van der Waals surface area contributed by atoms with Crippen LogP contribution in [0, 0.1) is 20.8 Å². The van der Waals surface area contributed by atoms with Gasteiger partial charge in [-0.1, -0.05) is 6.07 Å². The van der Waals surface area contributed by atoms with Crippen LogP contribution in [-0.4, -0.2) is 28.6 Å². The van der Waals surface area contributed by atoms with Crippen molar-refractivity contribution >= 4 is 5.91 Å². The fourth-order valence-corrected chi connectivity index (χ4v) is 2.22. The van der Waals surface area contributed by atoms with Crippen LogP contribution < -0.4 is 15.6 Å². The van der Waals surface area contributed by atoms with Crippen molar-refractivity contribution in [3.63, 3.8) is 0 Å². The van der Waals surface area contributed by atoms with Gasteiger partial charge in [0.15, 0.2) is 6.61 Å². The zero-order valence-electron chi connectivity index (χ0n) is 13.6. The van der Waals surface area contributed by atoms with E-state index in [1.165, 1.54) is 17.0 Å². The third-order valence-corrected chi connectivity index (χ3v) is 3.26. The van der Waals surface area contributed by atoms with Gasteiger partial charge in [0.2, 0.25) is 0 Å². The number of ether oxygens (including phenoxy) is 1. The SMILES string of the molecule is Cc1cc(C)cc(OCC(=O)NCCn2cnc(C)cc2=O)c1. The van der Waals surface area contributed by atoms with Crippen molar-refractivity contribution in [3.8, 4) is 5.75 Å². The lowest BCUT2D eigenvalue weighted by molar-refractivity contribution is -0.123. The molecule has 0 aliphatic heterocycles. The first kappa shape index (κ1) is 16.7. The van der Waals surface area contributed by atoms with E-state index >= 15 is 0 Å². The monoisotopic (exact) mass is 315 g/mol. The average Bonchev–Trinajstić information content (AvgIpc) is 2.46. The summed E-state index contributed by atoms with van der Waals surface area (Å²) >= 11 is 0. The summed E-state index contributed by atoms with van der Waals surface area (Å²) in [5.41, 5.74) is 2.73. The number of aryl methyl sites for hydroxylation is 3. The molecule has 23 heavy (non-hydrogen) atoms. The molecule has 0 unspecified atom stereocenters. The predicted molar refractivity (Wildman–Crippen MR) is 87.7 cm³/mol. The summed E-state index contributed by atoms with van der Waals surface area (Å²) in [5.74, 6) is 0.453. The summed E-state index contributed by atoms with van der Waals surface area (Å²) in [4.78, 5) is 27.5. The molecule has 0 saturated carbocycles. The van der Waals surface area contributed by atoms with Crippen molar-refractivity contribution in [3.05, 3.63) is 57.8 Å². The summed E-state index contributed by atoms with van der Waals surface area (Å²) in [6.07, 6.45) is 1.48. The van der Waals surface area contributed by atoms with E-state index in [2.05, 4.69) is 10.3 Å². The van der Waals surface area contributed by atoms with E-state index in [1.807, 2.05) is 32.0 Å². The third-order valence-electron chi connectivity index (χ3n) is 3.26. The van der Waals surface area contributed by atoms with Crippen molar-refractivity contribution < 1.29 is 9.53 Å². The van der Waals surface area contributed by atoms with Gasteiger partial charge in [0, 0.05) is 24.8 Å². The highest BCUT2D eigenvalue weighted by molar-refractivity contribution is 5.77. The number of nitrogens with one attached hydrogen (secondary N) is 1. The van der Waals surface area contributed by atoms with E-state index in [0.717, 1.165) is 11.1 Å².